The summed E-state index contributed by atoms with van der Waals surface area (Å²) in [7, 11) is 0. The largest absolute Gasteiger partial charge is 0.377 e. The summed E-state index contributed by atoms with van der Waals surface area (Å²) < 4.78 is 5.47. The number of nitrogens with zero attached hydrogens (tertiary/aromatic N) is 3. The third-order valence-electron chi connectivity index (χ3n) is 3.95. The molecule has 0 amide bonds. The molecule has 0 spiro atoms. The molecule has 1 aromatic rings. The van der Waals surface area contributed by atoms with Crippen LogP contribution in [-0.4, -0.2) is 41.0 Å². The van der Waals surface area contributed by atoms with Crippen LogP contribution in [0, 0.1) is 0 Å². The Balaban J connectivity index is 1.88. The maximum absolute atomic E-state index is 6.19. The lowest BCUT2D eigenvalue weighted by Crippen LogP contribution is -2.44. The van der Waals surface area contributed by atoms with E-state index in [1.54, 1.807) is 0 Å². The molecule has 21 heavy (non-hydrogen) atoms. The predicted octanol–water partition coefficient (Wildman–Crippen LogP) is 3.49. The zero-order chi connectivity index (χ0) is 15.0. The van der Waals surface area contributed by atoms with E-state index in [4.69, 9.17) is 16.3 Å². The highest BCUT2D eigenvalue weighted by molar-refractivity contribution is 8.01. The van der Waals surface area contributed by atoms with Gasteiger partial charge in [0, 0.05) is 17.9 Å². The molecule has 1 saturated heterocycles. The van der Waals surface area contributed by atoms with Crippen LogP contribution in [-0.2, 0) is 9.48 Å². The molecule has 2 heterocycles. The highest BCUT2D eigenvalue weighted by atomic mass is 35.5. The number of aromatic nitrogens is 2. The van der Waals surface area contributed by atoms with Crippen molar-refractivity contribution in [1.29, 1.82) is 0 Å². The molecule has 0 aromatic carbocycles. The number of halogens is 1. The average molecular weight is 328 g/mol. The van der Waals surface area contributed by atoms with Gasteiger partial charge in [0.25, 0.3) is 0 Å². The van der Waals surface area contributed by atoms with Crippen molar-refractivity contribution in [3.8, 4) is 0 Å². The third kappa shape index (κ3) is 3.63. The molecule has 1 aliphatic carbocycles. The van der Waals surface area contributed by atoms with Gasteiger partial charge in [0.05, 0.1) is 29.7 Å². The molecular weight excluding hydrogens is 306 g/mol. The van der Waals surface area contributed by atoms with Crippen molar-refractivity contribution in [3.63, 3.8) is 0 Å². The second-order valence-electron chi connectivity index (χ2n) is 6.33. The van der Waals surface area contributed by atoms with Crippen LogP contribution in [0.15, 0.2) is 6.07 Å². The van der Waals surface area contributed by atoms with E-state index in [1.807, 2.05) is 11.8 Å². The van der Waals surface area contributed by atoms with Gasteiger partial charge in [-0.05, 0) is 45.2 Å². The number of hydrogen-bond acceptors (Lipinski definition) is 5. The van der Waals surface area contributed by atoms with E-state index in [0.717, 1.165) is 36.5 Å². The van der Waals surface area contributed by atoms with Gasteiger partial charge in [0.2, 0.25) is 5.28 Å². The number of rotatable bonds is 4. The van der Waals surface area contributed by atoms with Gasteiger partial charge in [-0.3, -0.25) is 0 Å². The Kier molecular flexibility index (Phi) is 4.35. The van der Waals surface area contributed by atoms with Crippen LogP contribution in [0.1, 0.15) is 39.3 Å². The van der Waals surface area contributed by atoms with E-state index in [1.165, 1.54) is 12.8 Å². The van der Waals surface area contributed by atoms with Gasteiger partial charge in [0.15, 0.2) is 0 Å². The van der Waals surface area contributed by atoms with E-state index in [-0.39, 0.29) is 4.75 Å². The average Bonchev–Trinajstić information content (AvgIpc) is 3.22. The van der Waals surface area contributed by atoms with E-state index >= 15 is 0 Å². The monoisotopic (exact) mass is 327 g/mol. The van der Waals surface area contributed by atoms with Crippen molar-refractivity contribution in [1.82, 2.24) is 9.97 Å². The summed E-state index contributed by atoms with van der Waals surface area (Å²) in [5.41, 5.74) is 1.02. The molecule has 2 aliphatic rings. The summed E-state index contributed by atoms with van der Waals surface area (Å²) in [5.74, 6) is 0.922. The Labute approximate surface area is 135 Å². The molecule has 1 saturated carbocycles. The minimum Gasteiger partial charge on any atom is -0.377 e. The normalized spacial score (nSPS) is 23.4. The summed E-state index contributed by atoms with van der Waals surface area (Å²) in [4.78, 5) is 11.2. The van der Waals surface area contributed by atoms with Gasteiger partial charge < -0.3 is 9.64 Å². The topological polar surface area (TPSA) is 38.2 Å². The Morgan fingerprint density at radius 2 is 2.14 bits per heavy atom. The lowest BCUT2D eigenvalue weighted by molar-refractivity contribution is 0.0985. The fraction of sp³-hybridized carbons (Fsp3) is 0.733. The molecule has 0 unspecified atom stereocenters. The van der Waals surface area contributed by atoms with Crippen molar-refractivity contribution in [2.45, 2.75) is 49.7 Å². The molecule has 116 valence electrons. The molecule has 6 heteroatoms. The highest BCUT2D eigenvalue weighted by Gasteiger charge is 2.34. The van der Waals surface area contributed by atoms with Gasteiger partial charge in [-0.2, -0.15) is 0 Å². The maximum atomic E-state index is 6.19. The number of hydrogen-bond donors (Lipinski definition) is 0. The Morgan fingerprint density at radius 3 is 2.81 bits per heavy atom. The molecule has 1 atom stereocenters. The molecule has 1 aromatic heterocycles. The van der Waals surface area contributed by atoms with E-state index in [9.17, 15) is 0 Å². The zero-order valence-corrected chi connectivity index (χ0v) is 14.4. The fourth-order valence-corrected chi connectivity index (χ4v) is 4.20. The summed E-state index contributed by atoms with van der Waals surface area (Å²) >= 11 is 8.18. The van der Waals surface area contributed by atoms with Gasteiger partial charge in [-0.25, -0.2) is 9.97 Å². The predicted molar refractivity (Wildman–Crippen MR) is 88.3 cm³/mol. The number of anilines is 1. The van der Waals surface area contributed by atoms with Crippen molar-refractivity contribution in [3.05, 3.63) is 17.0 Å². The Bertz CT molecular complexity index is 522. The Morgan fingerprint density at radius 1 is 1.38 bits per heavy atom. The molecular formula is C15H22ClN3OS. The van der Waals surface area contributed by atoms with Gasteiger partial charge in [-0.1, -0.05) is 0 Å². The first-order chi connectivity index (χ1) is 9.95. The van der Waals surface area contributed by atoms with E-state index in [0.29, 0.717) is 11.3 Å². The van der Waals surface area contributed by atoms with Crippen molar-refractivity contribution < 1.29 is 4.74 Å². The molecule has 0 radical (unpaired) electrons. The Hall–Kier alpha value is -0.520. The SMILES string of the molecule is C[C@H]1COCCN1c1cc(C(C)(C)SC2CC2)nc(Cl)n1. The standard InChI is InChI=1S/C15H22ClN3OS/c1-10-9-20-7-6-19(10)13-8-12(17-14(16)18-13)15(2,3)21-11-4-5-11/h8,10-11H,4-7,9H2,1-3H3/t10-/m0/s1. The molecule has 1 aliphatic heterocycles. The van der Waals surface area contributed by atoms with E-state index in [2.05, 4.69) is 41.7 Å². The van der Waals surface area contributed by atoms with Gasteiger partial charge in [0.1, 0.15) is 5.82 Å². The smallest absolute Gasteiger partial charge is 0.224 e. The fourth-order valence-electron chi connectivity index (χ4n) is 2.59. The summed E-state index contributed by atoms with van der Waals surface area (Å²) in [6.45, 7) is 8.92. The minimum absolute atomic E-state index is 0.0297. The molecule has 0 bridgehead atoms. The third-order valence-corrected chi connectivity index (χ3v) is 5.72. The van der Waals surface area contributed by atoms with Crippen molar-refractivity contribution >= 4 is 29.2 Å². The minimum atomic E-state index is -0.0297. The first-order valence-electron chi connectivity index (χ1n) is 7.53. The van der Waals surface area contributed by atoms with Gasteiger partial charge >= 0.3 is 0 Å². The van der Waals surface area contributed by atoms with Crippen LogP contribution >= 0.6 is 23.4 Å². The first kappa shape index (κ1) is 15.4. The van der Waals surface area contributed by atoms with Crippen LogP contribution in [0.5, 0.6) is 0 Å². The number of morpholine rings is 1. The second kappa shape index (κ2) is 5.94. The summed E-state index contributed by atoms with van der Waals surface area (Å²) in [6.07, 6.45) is 2.64. The zero-order valence-electron chi connectivity index (χ0n) is 12.8. The van der Waals surface area contributed by atoms with Crippen LogP contribution in [0.4, 0.5) is 5.82 Å². The lowest BCUT2D eigenvalue weighted by Gasteiger charge is -2.35. The van der Waals surface area contributed by atoms with Crippen LogP contribution < -0.4 is 4.90 Å². The van der Waals surface area contributed by atoms with Crippen molar-refractivity contribution in [2.75, 3.05) is 24.7 Å². The van der Waals surface area contributed by atoms with Crippen LogP contribution in [0.25, 0.3) is 0 Å². The molecule has 4 nitrogen and oxygen atoms in total. The molecule has 0 N–H and O–H groups in total. The maximum Gasteiger partial charge on any atom is 0.224 e. The quantitative estimate of drug-likeness (QED) is 0.791. The number of thioether (sulfide) groups is 1. The second-order valence-corrected chi connectivity index (χ2v) is 8.59. The highest BCUT2D eigenvalue weighted by Crippen LogP contribution is 2.47. The van der Waals surface area contributed by atoms with Crippen molar-refractivity contribution in [2.24, 2.45) is 0 Å². The first-order valence-corrected chi connectivity index (χ1v) is 8.79. The molecule has 2 fully saturated rings. The number of ether oxygens (including phenoxy) is 1. The summed E-state index contributed by atoms with van der Waals surface area (Å²) in [6, 6.07) is 2.42. The van der Waals surface area contributed by atoms with E-state index < -0.39 is 0 Å². The van der Waals surface area contributed by atoms with Crippen LogP contribution in [0.2, 0.25) is 5.28 Å². The lowest BCUT2D eigenvalue weighted by atomic mass is 10.1. The summed E-state index contributed by atoms with van der Waals surface area (Å²) in [5, 5.41) is 1.12. The molecule has 3 rings (SSSR count). The van der Waals surface area contributed by atoms with Gasteiger partial charge in [-0.15, -0.1) is 11.8 Å². The van der Waals surface area contributed by atoms with Crippen LogP contribution in [0.3, 0.4) is 0 Å².